The van der Waals surface area contributed by atoms with Gasteiger partial charge in [-0.05, 0) is 52.7 Å². The number of Topliss-reactive ketones (excluding diaryl/α,β-unsaturated/α-hetero) is 1. The van der Waals surface area contributed by atoms with Crippen LogP contribution in [-0.2, 0) is 24.0 Å². The third kappa shape index (κ3) is 8.48. The Morgan fingerprint density at radius 2 is 1.17 bits per heavy atom. The molecule has 15 heteroatoms. The van der Waals surface area contributed by atoms with Crippen LogP contribution in [0.3, 0.4) is 0 Å². The van der Waals surface area contributed by atoms with E-state index in [1.165, 1.54) is 24.3 Å². The number of ketones is 1. The summed E-state index contributed by atoms with van der Waals surface area (Å²) in [7, 11) is 0. The van der Waals surface area contributed by atoms with Crippen LogP contribution in [-0.4, -0.2) is 63.4 Å². The molecule has 252 valence electrons. The van der Waals surface area contributed by atoms with E-state index < -0.39 is 89.5 Å². The highest BCUT2D eigenvalue weighted by molar-refractivity contribution is 6.26. The number of barbiturate groups is 2. The van der Waals surface area contributed by atoms with E-state index in [-0.39, 0.29) is 24.4 Å². The van der Waals surface area contributed by atoms with Crippen molar-refractivity contribution < 1.29 is 42.3 Å². The van der Waals surface area contributed by atoms with Crippen molar-refractivity contribution in [1.29, 1.82) is 0 Å². The van der Waals surface area contributed by atoms with Crippen molar-refractivity contribution in [3.8, 4) is 0 Å². The van der Waals surface area contributed by atoms with Gasteiger partial charge in [-0.25, -0.2) is 18.4 Å². The Labute approximate surface area is 270 Å². The zero-order chi connectivity index (χ0) is 35.2. The van der Waals surface area contributed by atoms with Gasteiger partial charge in [0.05, 0.1) is 0 Å². The fourth-order valence-corrected chi connectivity index (χ4v) is 5.24. The SMILES string of the molecule is CC(C)N1C(=O)NC(=O)C(C(=O)C[C@@H](N)c2ccccc2F)C1=O.CC(C)N1C(=O)NC(=O)C(CC[C@@H](N)c2ccccc2F)C1=O. The molecule has 2 aromatic rings. The van der Waals surface area contributed by atoms with Gasteiger partial charge in [0.25, 0.3) is 5.91 Å². The minimum absolute atomic E-state index is 0.117. The van der Waals surface area contributed by atoms with Crippen molar-refractivity contribution in [3.05, 3.63) is 71.3 Å². The van der Waals surface area contributed by atoms with Crippen molar-refractivity contribution in [2.45, 2.75) is 71.1 Å². The first-order valence-electron chi connectivity index (χ1n) is 14.9. The van der Waals surface area contributed by atoms with Gasteiger partial charge in [0, 0.05) is 41.7 Å². The molecule has 2 unspecified atom stereocenters. The number of nitrogens with zero attached hydrogens (tertiary/aromatic N) is 2. The molecular weight excluding hydrogens is 618 g/mol. The molecule has 0 aliphatic carbocycles. The molecule has 2 heterocycles. The van der Waals surface area contributed by atoms with Gasteiger partial charge in [-0.2, -0.15) is 0 Å². The fraction of sp³-hybridized carbons (Fsp3) is 0.406. The highest BCUT2D eigenvalue weighted by Gasteiger charge is 2.46. The van der Waals surface area contributed by atoms with Gasteiger partial charge in [-0.3, -0.25) is 44.4 Å². The average molecular weight is 657 g/mol. The predicted octanol–water partition coefficient (Wildman–Crippen LogP) is 2.60. The molecule has 6 N–H and O–H groups in total. The van der Waals surface area contributed by atoms with Gasteiger partial charge in [-0.15, -0.1) is 0 Å². The number of amides is 8. The highest BCUT2D eigenvalue weighted by Crippen LogP contribution is 2.25. The number of nitrogens with one attached hydrogen (secondary N) is 2. The van der Waals surface area contributed by atoms with E-state index >= 15 is 0 Å². The average Bonchev–Trinajstić information content (AvgIpc) is 2.96. The van der Waals surface area contributed by atoms with Gasteiger partial charge in [0.1, 0.15) is 17.6 Å². The molecule has 4 atom stereocenters. The molecule has 13 nitrogen and oxygen atoms in total. The van der Waals surface area contributed by atoms with E-state index in [0.29, 0.717) is 5.56 Å². The molecule has 0 bridgehead atoms. The predicted molar refractivity (Wildman–Crippen MR) is 164 cm³/mol. The lowest BCUT2D eigenvalue weighted by molar-refractivity contribution is -0.149. The Morgan fingerprint density at radius 1 is 0.723 bits per heavy atom. The first-order chi connectivity index (χ1) is 22.1. The number of hydrogen-bond acceptors (Lipinski definition) is 9. The second kappa shape index (κ2) is 15.6. The summed E-state index contributed by atoms with van der Waals surface area (Å²) in [5, 5.41) is 4.17. The zero-order valence-corrected chi connectivity index (χ0v) is 26.4. The minimum Gasteiger partial charge on any atom is -0.324 e. The smallest absolute Gasteiger partial charge is 0.324 e. The maximum atomic E-state index is 13.7. The van der Waals surface area contributed by atoms with Crippen LogP contribution < -0.4 is 22.1 Å². The number of hydrogen-bond donors (Lipinski definition) is 4. The van der Waals surface area contributed by atoms with Crippen LogP contribution in [0.25, 0.3) is 0 Å². The van der Waals surface area contributed by atoms with Crippen molar-refractivity contribution in [2.75, 3.05) is 0 Å². The number of halogens is 2. The zero-order valence-electron chi connectivity index (χ0n) is 26.4. The van der Waals surface area contributed by atoms with Gasteiger partial charge in [0.2, 0.25) is 17.7 Å². The Morgan fingerprint density at radius 3 is 1.66 bits per heavy atom. The van der Waals surface area contributed by atoms with E-state index in [0.717, 1.165) is 9.80 Å². The van der Waals surface area contributed by atoms with Gasteiger partial charge < -0.3 is 11.5 Å². The summed E-state index contributed by atoms with van der Waals surface area (Å²) >= 11 is 0. The summed E-state index contributed by atoms with van der Waals surface area (Å²) in [4.78, 5) is 86.1. The summed E-state index contributed by atoms with van der Waals surface area (Å²) < 4.78 is 27.4. The molecule has 2 fully saturated rings. The van der Waals surface area contributed by atoms with Gasteiger partial charge >= 0.3 is 12.1 Å². The number of benzene rings is 2. The van der Waals surface area contributed by atoms with Crippen molar-refractivity contribution in [1.82, 2.24) is 20.4 Å². The van der Waals surface area contributed by atoms with Gasteiger partial charge in [-0.1, -0.05) is 36.4 Å². The summed E-state index contributed by atoms with van der Waals surface area (Å²) in [6, 6.07) is 7.78. The number of urea groups is 2. The quantitative estimate of drug-likeness (QED) is 0.277. The molecule has 47 heavy (non-hydrogen) atoms. The first-order valence-corrected chi connectivity index (χ1v) is 14.9. The van der Waals surface area contributed by atoms with E-state index in [1.54, 1.807) is 52.0 Å². The molecule has 8 amide bonds. The molecule has 2 aliphatic heterocycles. The molecule has 4 rings (SSSR count). The summed E-state index contributed by atoms with van der Waals surface area (Å²) in [6.45, 7) is 6.55. The summed E-state index contributed by atoms with van der Waals surface area (Å²) in [6.07, 6.45) is 0.00639. The minimum atomic E-state index is -1.65. The largest absolute Gasteiger partial charge is 0.331 e. The molecule has 0 spiro atoms. The number of imide groups is 4. The maximum absolute atomic E-state index is 13.7. The Hall–Kier alpha value is -4.89. The number of carbonyl (C=O) groups is 7. The van der Waals surface area contributed by atoms with Crippen molar-refractivity contribution in [2.24, 2.45) is 23.3 Å². The monoisotopic (exact) mass is 656 g/mol. The van der Waals surface area contributed by atoms with Gasteiger partial charge in [0.15, 0.2) is 11.7 Å². The first kappa shape index (κ1) is 36.6. The standard InChI is InChI=1S/C16H18FN3O4.C16H20FN3O3/c1-8(2)20-15(23)13(14(22)19-16(20)24)12(21)7-11(18)9-5-3-4-6-10(9)17;1-9(2)20-15(22)11(14(21)19-16(20)23)7-8-13(18)10-5-3-4-6-12(10)17/h3-6,8,11,13H,7,18H2,1-2H3,(H,19,22,24);3-6,9,11,13H,7-8,18H2,1-2H3,(H,19,21,23)/t11-,13?;11?,13-/m11/s1. The molecule has 2 aromatic carbocycles. The van der Waals surface area contributed by atoms with Crippen LogP contribution in [0.5, 0.6) is 0 Å². The summed E-state index contributed by atoms with van der Waals surface area (Å²) in [5.41, 5.74) is 12.3. The lowest BCUT2D eigenvalue weighted by Gasteiger charge is -2.33. The summed E-state index contributed by atoms with van der Waals surface area (Å²) in [5.74, 6) is -7.40. The van der Waals surface area contributed by atoms with E-state index in [4.69, 9.17) is 11.5 Å². The van der Waals surface area contributed by atoms with Crippen LogP contribution in [0, 0.1) is 23.5 Å². The third-order valence-electron chi connectivity index (χ3n) is 7.65. The van der Waals surface area contributed by atoms with Crippen molar-refractivity contribution in [3.63, 3.8) is 0 Å². The third-order valence-corrected chi connectivity index (χ3v) is 7.65. The lowest BCUT2D eigenvalue weighted by atomic mass is 9.91. The number of rotatable bonds is 10. The molecule has 0 radical (unpaired) electrons. The molecular formula is C32H38F2N6O7. The Kier molecular flexibility index (Phi) is 12.1. The van der Waals surface area contributed by atoms with E-state index in [1.807, 2.05) is 5.32 Å². The van der Waals surface area contributed by atoms with Crippen LogP contribution in [0.4, 0.5) is 18.4 Å². The normalized spacial score (nSPS) is 19.7. The Balaban J connectivity index is 0.000000256. The van der Waals surface area contributed by atoms with E-state index in [2.05, 4.69) is 5.32 Å². The van der Waals surface area contributed by atoms with Crippen LogP contribution in [0.2, 0.25) is 0 Å². The number of carbonyl (C=O) groups excluding carboxylic acids is 7. The lowest BCUT2D eigenvalue weighted by Crippen LogP contribution is -2.61. The molecule has 0 aromatic heterocycles. The highest BCUT2D eigenvalue weighted by atomic mass is 19.1. The number of nitrogens with two attached hydrogens (primary N) is 2. The maximum Gasteiger partial charge on any atom is 0.331 e. The molecule has 2 aliphatic rings. The van der Waals surface area contributed by atoms with Crippen LogP contribution in [0.15, 0.2) is 48.5 Å². The molecule has 0 saturated carbocycles. The second-order valence-corrected chi connectivity index (χ2v) is 11.7. The van der Waals surface area contributed by atoms with Crippen molar-refractivity contribution >= 4 is 41.5 Å². The van der Waals surface area contributed by atoms with Crippen LogP contribution >= 0.6 is 0 Å². The second-order valence-electron chi connectivity index (χ2n) is 11.7. The molecule has 2 saturated heterocycles. The van der Waals surface area contributed by atoms with E-state index in [9.17, 15) is 42.3 Å². The topological polar surface area (TPSA) is 202 Å². The fourth-order valence-electron chi connectivity index (χ4n) is 5.24. The van der Waals surface area contributed by atoms with Crippen LogP contribution in [0.1, 0.15) is 70.2 Å². The Bertz CT molecular complexity index is 1570.